The zero-order valence-electron chi connectivity index (χ0n) is 10.7. The van der Waals surface area contributed by atoms with Crippen LogP contribution in [0.15, 0.2) is 0 Å². The van der Waals surface area contributed by atoms with Crippen LogP contribution in [0.2, 0.25) is 0 Å². The van der Waals surface area contributed by atoms with E-state index in [9.17, 15) is 16.8 Å². The lowest BCUT2D eigenvalue weighted by molar-refractivity contribution is 0.567. The second-order valence-electron chi connectivity index (χ2n) is 4.56. The van der Waals surface area contributed by atoms with E-state index in [0.29, 0.717) is 12.8 Å². The van der Waals surface area contributed by atoms with Gasteiger partial charge in [0, 0.05) is 0 Å². The van der Waals surface area contributed by atoms with Crippen LogP contribution < -0.4 is 10.3 Å². The number of primary sulfonamides is 2. The molecule has 0 bridgehead atoms. The van der Waals surface area contributed by atoms with Gasteiger partial charge in [-0.25, -0.2) is 27.1 Å². The highest BCUT2D eigenvalue weighted by Crippen LogP contribution is 2.09. The summed E-state index contributed by atoms with van der Waals surface area (Å²) in [6.07, 6.45) is 7.03. The zero-order chi connectivity index (χ0) is 14.1. The average Bonchev–Trinajstić information content (AvgIpc) is 2.17. The second-order valence-corrected chi connectivity index (χ2v) is 8.03. The van der Waals surface area contributed by atoms with Crippen LogP contribution in [0.3, 0.4) is 0 Å². The van der Waals surface area contributed by atoms with Gasteiger partial charge < -0.3 is 0 Å². The summed E-state index contributed by atoms with van der Waals surface area (Å²) in [7, 11) is -6.62. The monoisotopic (exact) mass is 300 g/mol. The molecule has 0 unspecified atom stereocenters. The van der Waals surface area contributed by atoms with Crippen LogP contribution in [0.1, 0.15) is 51.4 Å². The predicted octanol–water partition coefficient (Wildman–Crippen LogP) is 0.684. The van der Waals surface area contributed by atoms with Crippen molar-refractivity contribution < 1.29 is 16.8 Å². The number of unbranched alkanes of at least 4 members (excludes halogenated alkanes) is 7. The lowest BCUT2D eigenvalue weighted by Crippen LogP contribution is -2.16. The fraction of sp³-hybridized carbons (Fsp3) is 1.00. The molecule has 0 radical (unpaired) electrons. The van der Waals surface area contributed by atoms with E-state index in [4.69, 9.17) is 10.3 Å². The fourth-order valence-corrected chi connectivity index (χ4v) is 2.88. The summed E-state index contributed by atoms with van der Waals surface area (Å²) in [5.74, 6) is 0.114. The topological polar surface area (TPSA) is 120 Å². The van der Waals surface area contributed by atoms with E-state index in [0.717, 1.165) is 38.5 Å². The van der Waals surface area contributed by atoms with Gasteiger partial charge in [-0.3, -0.25) is 0 Å². The highest BCUT2D eigenvalue weighted by Gasteiger charge is 2.02. The predicted molar refractivity (Wildman–Crippen MR) is 72.9 cm³/mol. The van der Waals surface area contributed by atoms with Gasteiger partial charge in [-0.05, 0) is 12.8 Å². The lowest BCUT2D eigenvalue weighted by Gasteiger charge is -2.02. The number of hydrogen-bond acceptors (Lipinski definition) is 4. The first-order valence-corrected chi connectivity index (χ1v) is 9.65. The molecular formula is C10H24N2O4S2. The van der Waals surface area contributed by atoms with Crippen molar-refractivity contribution in [1.82, 2.24) is 0 Å². The van der Waals surface area contributed by atoms with Gasteiger partial charge in [0.05, 0.1) is 11.5 Å². The Morgan fingerprint density at radius 1 is 0.500 bits per heavy atom. The Balaban J connectivity index is 3.22. The minimum atomic E-state index is -3.31. The highest BCUT2D eigenvalue weighted by atomic mass is 32.2. The van der Waals surface area contributed by atoms with Gasteiger partial charge in [-0.15, -0.1) is 0 Å². The van der Waals surface area contributed by atoms with Gasteiger partial charge >= 0.3 is 0 Å². The van der Waals surface area contributed by atoms with E-state index in [-0.39, 0.29) is 11.5 Å². The van der Waals surface area contributed by atoms with Crippen molar-refractivity contribution in [2.45, 2.75) is 51.4 Å². The number of rotatable bonds is 11. The maximum atomic E-state index is 10.6. The minimum absolute atomic E-state index is 0.0569. The van der Waals surface area contributed by atoms with Crippen molar-refractivity contribution >= 4 is 20.0 Å². The van der Waals surface area contributed by atoms with Crippen molar-refractivity contribution in [3.05, 3.63) is 0 Å². The molecule has 0 spiro atoms. The summed E-state index contributed by atoms with van der Waals surface area (Å²) < 4.78 is 42.6. The third kappa shape index (κ3) is 15.8. The molecule has 0 saturated carbocycles. The van der Waals surface area contributed by atoms with Crippen LogP contribution in [-0.4, -0.2) is 28.3 Å². The molecule has 0 aliphatic carbocycles. The van der Waals surface area contributed by atoms with Crippen molar-refractivity contribution in [2.24, 2.45) is 10.3 Å². The molecule has 6 nitrogen and oxygen atoms in total. The van der Waals surface area contributed by atoms with E-state index in [1.165, 1.54) is 0 Å². The standard InChI is InChI=1S/C10H24N2O4S2/c11-17(13,14)9-7-5-3-1-2-4-6-8-10-18(12,15)16/h1-10H2,(H2,11,13,14)(H2,12,15,16). The van der Waals surface area contributed by atoms with Crippen molar-refractivity contribution in [3.63, 3.8) is 0 Å². The van der Waals surface area contributed by atoms with E-state index in [1.54, 1.807) is 0 Å². The number of hydrogen-bond donors (Lipinski definition) is 2. The first-order valence-electron chi connectivity index (χ1n) is 6.22. The van der Waals surface area contributed by atoms with Gasteiger partial charge in [0.2, 0.25) is 20.0 Å². The third-order valence-electron chi connectivity index (χ3n) is 2.61. The summed E-state index contributed by atoms with van der Waals surface area (Å²) in [5, 5.41) is 9.76. The molecule has 110 valence electrons. The van der Waals surface area contributed by atoms with Crippen LogP contribution in [-0.2, 0) is 20.0 Å². The maximum absolute atomic E-state index is 10.6. The van der Waals surface area contributed by atoms with Crippen molar-refractivity contribution in [3.8, 4) is 0 Å². The van der Waals surface area contributed by atoms with Gasteiger partial charge in [-0.1, -0.05) is 38.5 Å². The molecule has 0 aliphatic rings. The second kappa shape index (κ2) is 8.84. The van der Waals surface area contributed by atoms with E-state index in [2.05, 4.69) is 0 Å². The van der Waals surface area contributed by atoms with Crippen molar-refractivity contribution in [1.29, 1.82) is 0 Å². The summed E-state index contributed by atoms with van der Waals surface area (Å²) in [6, 6.07) is 0. The van der Waals surface area contributed by atoms with Gasteiger partial charge in [0.15, 0.2) is 0 Å². The molecule has 4 N–H and O–H groups in total. The molecule has 8 heteroatoms. The first kappa shape index (κ1) is 17.8. The minimum Gasteiger partial charge on any atom is -0.229 e. The Morgan fingerprint density at radius 3 is 0.944 bits per heavy atom. The largest absolute Gasteiger partial charge is 0.229 e. The number of nitrogens with two attached hydrogens (primary N) is 2. The molecule has 18 heavy (non-hydrogen) atoms. The molecular weight excluding hydrogens is 276 g/mol. The van der Waals surface area contributed by atoms with E-state index < -0.39 is 20.0 Å². The maximum Gasteiger partial charge on any atom is 0.209 e. The Labute approximate surface area is 110 Å². The average molecular weight is 300 g/mol. The van der Waals surface area contributed by atoms with Crippen LogP contribution >= 0.6 is 0 Å². The molecule has 0 rings (SSSR count). The highest BCUT2D eigenvalue weighted by molar-refractivity contribution is 7.89. The summed E-state index contributed by atoms with van der Waals surface area (Å²) in [4.78, 5) is 0. The molecule has 0 fully saturated rings. The first-order chi connectivity index (χ1) is 8.21. The normalized spacial score (nSPS) is 12.8. The zero-order valence-corrected chi connectivity index (χ0v) is 12.3. The Bertz CT molecular complexity index is 364. The Hall–Kier alpha value is -0.180. The smallest absolute Gasteiger partial charge is 0.209 e. The number of sulfonamides is 2. The van der Waals surface area contributed by atoms with Gasteiger partial charge in [0.1, 0.15) is 0 Å². The molecule has 0 aliphatic heterocycles. The Kier molecular flexibility index (Phi) is 8.75. The van der Waals surface area contributed by atoms with Crippen molar-refractivity contribution in [2.75, 3.05) is 11.5 Å². The molecule has 0 aromatic carbocycles. The lowest BCUT2D eigenvalue weighted by atomic mass is 10.1. The SMILES string of the molecule is NS(=O)(=O)CCCCCCCCCCS(N)(=O)=O. The van der Waals surface area contributed by atoms with Crippen LogP contribution in [0, 0.1) is 0 Å². The fourth-order valence-electron chi connectivity index (χ4n) is 1.67. The molecule has 0 heterocycles. The Morgan fingerprint density at radius 2 is 0.722 bits per heavy atom. The van der Waals surface area contributed by atoms with Crippen LogP contribution in [0.25, 0.3) is 0 Å². The van der Waals surface area contributed by atoms with Gasteiger partial charge in [0.25, 0.3) is 0 Å². The quantitative estimate of drug-likeness (QED) is 0.545. The summed E-state index contributed by atoms with van der Waals surface area (Å²) in [5.41, 5.74) is 0. The van der Waals surface area contributed by atoms with Crippen LogP contribution in [0.4, 0.5) is 0 Å². The summed E-state index contributed by atoms with van der Waals surface area (Å²) >= 11 is 0. The van der Waals surface area contributed by atoms with Crippen LogP contribution in [0.5, 0.6) is 0 Å². The van der Waals surface area contributed by atoms with E-state index in [1.807, 2.05) is 0 Å². The third-order valence-corrected chi connectivity index (χ3v) is 4.32. The molecule has 0 aromatic rings. The molecule has 0 saturated heterocycles. The molecule has 0 aromatic heterocycles. The van der Waals surface area contributed by atoms with E-state index >= 15 is 0 Å². The van der Waals surface area contributed by atoms with Gasteiger partial charge in [-0.2, -0.15) is 0 Å². The summed E-state index contributed by atoms with van der Waals surface area (Å²) in [6.45, 7) is 0. The molecule has 0 amide bonds. The molecule has 0 atom stereocenters.